The van der Waals surface area contributed by atoms with Crippen LogP contribution in [0.4, 0.5) is 10.5 Å². The van der Waals surface area contributed by atoms with Crippen molar-refractivity contribution >= 4 is 17.6 Å². The van der Waals surface area contributed by atoms with Gasteiger partial charge < -0.3 is 14.5 Å². The molecule has 0 N–H and O–H groups in total. The van der Waals surface area contributed by atoms with Gasteiger partial charge in [-0.3, -0.25) is 14.6 Å². The number of urea groups is 1. The molecule has 1 aromatic carbocycles. The lowest BCUT2D eigenvalue weighted by atomic mass is 10.2. The number of methoxy groups -OCH3 is 1. The molecule has 27 heavy (non-hydrogen) atoms. The molecule has 0 aliphatic carbocycles. The summed E-state index contributed by atoms with van der Waals surface area (Å²) >= 11 is 0. The highest BCUT2D eigenvalue weighted by Gasteiger charge is 2.46. The molecule has 146 valence electrons. The zero-order valence-electron chi connectivity index (χ0n) is 16.0. The van der Waals surface area contributed by atoms with E-state index in [4.69, 9.17) is 4.74 Å². The Labute approximate surface area is 160 Å². The van der Waals surface area contributed by atoms with Crippen LogP contribution in [-0.4, -0.2) is 85.6 Å². The first-order chi connectivity index (χ1) is 13.2. The van der Waals surface area contributed by atoms with Crippen molar-refractivity contribution in [3.8, 4) is 5.75 Å². The number of hydrogen-bond donors (Lipinski definition) is 0. The first-order valence-electron chi connectivity index (χ1n) is 9.91. The summed E-state index contributed by atoms with van der Waals surface area (Å²) in [6.07, 6.45) is 2.62. The smallest absolute Gasteiger partial charge is 0.327 e. The van der Waals surface area contributed by atoms with E-state index in [9.17, 15) is 9.59 Å². The Morgan fingerprint density at radius 3 is 2.56 bits per heavy atom. The number of ether oxygens (including phenoxy) is 1. The quantitative estimate of drug-likeness (QED) is 0.711. The fourth-order valence-corrected chi connectivity index (χ4v) is 4.44. The maximum atomic E-state index is 12.4. The summed E-state index contributed by atoms with van der Waals surface area (Å²) in [4.78, 5) is 32.7. The number of carbonyl (C=O) groups is 2. The highest BCUT2D eigenvalue weighted by atomic mass is 16.5. The predicted octanol–water partition coefficient (Wildman–Crippen LogP) is 1.63. The molecule has 0 spiro atoms. The lowest BCUT2D eigenvalue weighted by Crippen LogP contribution is -2.47. The Balaban J connectivity index is 1.23. The molecule has 3 saturated heterocycles. The second-order valence-corrected chi connectivity index (χ2v) is 7.48. The molecule has 3 fully saturated rings. The van der Waals surface area contributed by atoms with E-state index in [-0.39, 0.29) is 18.0 Å². The lowest BCUT2D eigenvalue weighted by molar-refractivity contribution is -0.128. The van der Waals surface area contributed by atoms with E-state index < -0.39 is 0 Å². The maximum absolute atomic E-state index is 12.4. The minimum atomic E-state index is -0.179. The maximum Gasteiger partial charge on any atom is 0.327 e. The molecule has 0 unspecified atom stereocenters. The van der Waals surface area contributed by atoms with E-state index in [2.05, 4.69) is 15.9 Å². The average Bonchev–Trinajstić information content (AvgIpc) is 3.28. The van der Waals surface area contributed by atoms with Gasteiger partial charge in [0.25, 0.3) is 5.91 Å². The number of amides is 3. The molecule has 7 nitrogen and oxygen atoms in total. The Kier molecular flexibility index (Phi) is 5.20. The van der Waals surface area contributed by atoms with Crippen LogP contribution in [0.5, 0.6) is 5.75 Å². The van der Waals surface area contributed by atoms with E-state index in [0.29, 0.717) is 6.54 Å². The summed E-state index contributed by atoms with van der Waals surface area (Å²) in [5, 5.41) is 0. The van der Waals surface area contributed by atoms with Gasteiger partial charge in [-0.2, -0.15) is 0 Å². The van der Waals surface area contributed by atoms with Gasteiger partial charge >= 0.3 is 6.03 Å². The zero-order valence-corrected chi connectivity index (χ0v) is 16.0. The Morgan fingerprint density at radius 1 is 1.04 bits per heavy atom. The summed E-state index contributed by atoms with van der Waals surface area (Å²) in [5.41, 5.74) is 1.15. The monoisotopic (exact) mass is 372 g/mol. The minimum absolute atomic E-state index is 0.0125. The molecule has 3 amide bonds. The van der Waals surface area contributed by atoms with Crippen LogP contribution < -0.4 is 9.64 Å². The summed E-state index contributed by atoms with van der Waals surface area (Å²) < 4.78 is 5.47. The normalized spacial score (nSPS) is 23.3. The third-order valence-electron chi connectivity index (χ3n) is 5.93. The number of benzene rings is 1. The molecule has 4 rings (SSSR count). The van der Waals surface area contributed by atoms with Gasteiger partial charge in [-0.05, 0) is 37.9 Å². The third kappa shape index (κ3) is 3.48. The van der Waals surface area contributed by atoms with Crippen molar-refractivity contribution in [2.75, 3.05) is 57.8 Å². The summed E-state index contributed by atoms with van der Waals surface area (Å²) in [6, 6.07) is 7.87. The average molecular weight is 372 g/mol. The van der Waals surface area contributed by atoms with Gasteiger partial charge in [-0.1, -0.05) is 12.1 Å². The van der Waals surface area contributed by atoms with Crippen LogP contribution in [0.1, 0.15) is 19.3 Å². The standard InChI is InChI=1S/C20H28N4O3/c1-27-18-8-3-2-6-16(18)22-14-12-21(13-15-22)9-5-11-24-19(25)17-7-4-10-23(17)20(24)26/h2-3,6,8,17H,4-5,7,9-15H2,1H3/t17-/m0/s1. The van der Waals surface area contributed by atoms with Crippen LogP contribution in [0.3, 0.4) is 0 Å². The summed E-state index contributed by atoms with van der Waals surface area (Å²) in [6.45, 7) is 6.06. The molecule has 0 bridgehead atoms. The number of imide groups is 1. The van der Waals surface area contributed by atoms with Gasteiger partial charge in [-0.25, -0.2) is 4.79 Å². The topological polar surface area (TPSA) is 56.3 Å². The van der Waals surface area contributed by atoms with Gasteiger partial charge in [0.2, 0.25) is 0 Å². The van der Waals surface area contributed by atoms with E-state index in [1.165, 1.54) is 4.90 Å². The number of rotatable bonds is 6. The molecule has 3 aliphatic heterocycles. The van der Waals surface area contributed by atoms with Gasteiger partial charge in [0.1, 0.15) is 11.8 Å². The zero-order chi connectivity index (χ0) is 18.8. The predicted molar refractivity (Wildman–Crippen MR) is 103 cm³/mol. The Hall–Kier alpha value is -2.28. The molecule has 7 heteroatoms. The van der Waals surface area contributed by atoms with Crippen molar-refractivity contribution in [3.63, 3.8) is 0 Å². The number of piperazine rings is 1. The van der Waals surface area contributed by atoms with Crippen LogP contribution in [0, 0.1) is 0 Å². The number of anilines is 1. The molecule has 0 saturated carbocycles. The molecule has 1 atom stereocenters. The number of carbonyl (C=O) groups excluding carboxylic acids is 2. The Bertz CT molecular complexity index is 680. The fourth-order valence-electron chi connectivity index (χ4n) is 4.44. The van der Waals surface area contributed by atoms with Gasteiger partial charge in [0, 0.05) is 39.3 Å². The van der Waals surface area contributed by atoms with Gasteiger partial charge in [0.05, 0.1) is 12.8 Å². The molecule has 0 radical (unpaired) electrons. The molecule has 1 aromatic rings. The third-order valence-corrected chi connectivity index (χ3v) is 5.93. The van der Waals surface area contributed by atoms with Crippen LogP contribution in [0.15, 0.2) is 24.3 Å². The SMILES string of the molecule is COc1ccccc1N1CCN(CCCN2C(=O)[C@@H]3CCCN3C2=O)CC1. The van der Waals surface area contributed by atoms with Crippen molar-refractivity contribution in [1.82, 2.24) is 14.7 Å². The second-order valence-electron chi connectivity index (χ2n) is 7.48. The van der Waals surface area contributed by atoms with Crippen molar-refractivity contribution < 1.29 is 14.3 Å². The van der Waals surface area contributed by atoms with Crippen molar-refractivity contribution in [2.24, 2.45) is 0 Å². The van der Waals surface area contributed by atoms with Gasteiger partial charge in [-0.15, -0.1) is 0 Å². The molecule has 3 aliphatic rings. The molecular weight excluding hydrogens is 344 g/mol. The van der Waals surface area contributed by atoms with Crippen molar-refractivity contribution in [2.45, 2.75) is 25.3 Å². The lowest BCUT2D eigenvalue weighted by Gasteiger charge is -2.36. The fraction of sp³-hybridized carbons (Fsp3) is 0.600. The second kappa shape index (κ2) is 7.76. The van der Waals surface area contributed by atoms with Crippen LogP contribution >= 0.6 is 0 Å². The van der Waals surface area contributed by atoms with E-state index in [1.807, 2.05) is 18.2 Å². The summed E-state index contributed by atoms with van der Waals surface area (Å²) in [5.74, 6) is 0.927. The van der Waals surface area contributed by atoms with E-state index in [0.717, 1.165) is 70.0 Å². The van der Waals surface area contributed by atoms with Crippen LogP contribution in [0.25, 0.3) is 0 Å². The first-order valence-corrected chi connectivity index (χ1v) is 9.91. The van der Waals surface area contributed by atoms with Crippen molar-refractivity contribution in [1.29, 1.82) is 0 Å². The largest absolute Gasteiger partial charge is 0.495 e. The molecular formula is C20H28N4O3. The number of para-hydroxylation sites is 2. The van der Waals surface area contributed by atoms with E-state index >= 15 is 0 Å². The molecule has 0 aromatic heterocycles. The van der Waals surface area contributed by atoms with Crippen LogP contribution in [0.2, 0.25) is 0 Å². The van der Waals surface area contributed by atoms with Gasteiger partial charge in [0.15, 0.2) is 0 Å². The molecule has 3 heterocycles. The number of nitrogens with zero attached hydrogens (tertiary/aromatic N) is 4. The van der Waals surface area contributed by atoms with Crippen molar-refractivity contribution in [3.05, 3.63) is 24.3 Å². The minimum Gasteiger partial charge on any atom is -0.495 e. The number of hydrogen-bond acceptors (Lipinski definition) is 5. The number of fused-ring (bicyclic) bond motifs is 1. The first kappa shape index (κ1) is 18.1. The van der Waals surface area contributed by atoms with Crippen LogP contribution in [-0.2, 0) is 4.79 Å². The summed E-state index contributed by atoms with van der Waals surface area (Å²) in [7, 11) is 1.71. The Morgan fingerprint density at radius 2 is 1.81 bits per heavy atom. The highest BCUT2D eigenvalue weighted by molar-refractivity contribution is 6.04. The highest BCUT2D eigenvalue weighted by Crippen LogP contribution is 2.29. The van der Waals surface area contributed by atoms with E-state index in [1.54, 1.807) is 12.0 Å².